The molecule has 0 spiro atoms. The fourth-order valence-corrected chi connectivity index (χ4v) is 3.30. The van der Waals surface area contributed by atoms with Crippen molar-refractivity contribution >= 4 is 22.6 Å². The van der Waals surface area contributed by atoms with Gasteiger partial charge < -0.3 is 4.74 Å². The van der Waals surface area contributed by atoms with E-state index in [0.29, 0.717) is 5.69 Å². The molecule has 0 aliphatic carbocycles. The van der Waals surface area contributed by atoms with Crippen molar-refractivity contribution in [3.8, 4) is 17.0 Å². The lowest BCUT2D eigenvalue weighted by atomic mass is 10.1. The Morgan fingerprint density at radius 1 is 1.33 bits per heavy atom. The molecule has 0 bridgehead atoms. The molecule has 0 N–H and O–H groups in total. The molecule has 4 nitrogen and oxygen atoms in total. The Morgan fingerprint density at radius 3 is 2.76 bits per heavy atom. The lowest BCUT2D eigenvalue weighted by molar-refractivity contribution is 0.111. The number of benzene rings is 1. The first-order chi connectivity index (χ1) is 10.2. The molecular weight excluding hydrogens is 284 g/mol. The summed E-state index contributed by atoms with van der Waals surface area (Å²) in [6.07, 6.45) is 3.44. The molecule has 0 aliphatic rings. The van der Waals surface area contributed by atoms with Gasteiger partial charge in [0.2, 0.25) is 0 Å². The van der Waals surface area contributed by atoms with E-state index < -0.39 is 0 Å². The van der Waals surface area contributed by atoms with Crippen molar-refractivity contribution in [2.45, 2.75) is 20.3 Å². The number of aromatic nitrogens is 2. The van der Waals surface area contributed by atoms with Crippen molar-refractivity contribution in [1.29, 1.82) is 0 Å². The number of rotatable bonds is 5. The molecule has 21 heavy (non-hydrogen) atoms. The summed E-state index contributed by atoms with van der Waals surface area (Å²) in [5.74, 6) is 0.867. The Morgan fingerprint density at radius 2 is 2.10 bits per heavy atom. The van der Waals surface area contributed by atoms with Crippen LogP contribution >= 0.6 is 11.3 Å². The van der Waals surface area contributed by atoms with Crippen molar-refractivity contribution < 1.29 is 9.53 Å². The molecule has 3 rings (SSSR count). The third kappa shape index (κ3) is 2.45. The lowest BCUT2D eigenvalue weighted by Gasteiger charge is -2.07. The second-order valence-electron chi connectivity index (χ2n) is 4.80. The summed E-state index contributed by atoms with van der Waals surface area (Å²) >= 11 is 1.59. The highest BCUT2D eigenvalue weighted by atomic mass is 32.1. The van der Waals surface area contributed by atoms with Crippen LogP contribution in [-0.4, -0.2) is 22.3 Å². The quantitative estimate of drug-likeness (QED) is 0.670. The van der Waals surface area contributed by atoms with Crippen LogP contribution in [0.1, 0.15) is 28.7 Å². The fourth-order valence-electron chi connectivity index (χ4n) is 2.33. The first kappa shape index (κ1) is 13.8. The van der Waals surface area contributed by atoms with Crippen LogP contribution in [0.4, 0.5) is 0 Å². The Kier molecular flexibility index (Phi) is 3.75. The minimum absolute atomic E-state index is 0.579. The van der Waals surface area contributed by atoms with Gasteiger partial charge >= 0.3 is 0 Å². The van der Waals surface area contributed by atoms with Gasteiger partial charge in [0.05, 0.1) is 18.5 Å². The second kappa shape index (κ2) is 5.69. The fraction of sp³-hybridized carbons (Fsp3) is 0.250. The van der Waals surface area contributed by atoms with Gasteiger partial charge in [-0.05, 0) is 43.2 Å². The zero-order valence-electron chi connectivity index (χ0n) is 12.0. The molecule has 0 atom stereocenters. The SMILES string of the molecule is CCCOc1ccc(-c2c(C)sc3ncc(C=O)n23)cc1. The summed E-state index contributed by atoms with van der Waals surface area (Å²) in [6, 6.07) is 7.97. The maximum absolute atomic E-state index is 11.2. The monoisotopic (exact) mass is 300 g/mol. The largest absolute Gasteiger partial charge is 0.494 e. The van der Waals surface area contributed by atoms with E-state index in [9.17, 15) is 4.79 Å². The van der Waals surface area contributed by atoms with Gasteiger partial charge in [0.15, 0.2) is 11.2 Å². The van der Waals surface area contributed by atoms with Crippen LogP contribution in [-0.2, 0) is 0 Å². The summed E-state index contributed by atoms with van der Waals surface area (Å²) in [5, 5.41) is 0. The van der Waals surface area contributed by atoms with Gasteiger partial charge in [-0.3, -0.25) is 9.20 Å². The number of aldehydes is 1. The number of hydrogen-bond acceptors (Lipinski definition) is 4. The Balaban J connectivity index is 2.05. The zero-order chi connectivity index (χ0) is 14.8. The highest BCUT2D eigenvalue weighted by Crippen LogP contribution is 2.32. The van der Waals surface area contributed by atoms with Gasteiger partial charge in [0, 0.05) is 4.88 Å². The first-order valence-electron chi connectivity index (χ1n) is 6.90. The average molecular weight is 300 g/mol. The lowest BCUT2D eigenvalue weighted by Crippen LogP contribution is -1.95. The van der Waals surface area contributed by atoms with E-state index in [2.05, 4.69) is 11.9 Å². The van der Waals surface area contributed by atoms with Crippen molar-refractivity contribution in [3.63, 3.8) is 0 Å². The summed E-state index contributed by atoms with van der Waals surface area (Å²) in [4.78, 5) is 17.4. The normalized spacial score (nSPS) is 11.0. The average Bonchev–Trinajstić information content (AvgIpc) is 3.03. The molecule has 0 saturated heterocycles. The third-order valence-corrected chi connectivity index (χ3v) is 4.25. The second-order valence-corrected chi connectivity index (χ2v) is 5.98. The highest BCUT2D eigenvalue weighted by Gasteiger charge is 2.15. The highest BCUT2D eigenvalue weighted by molar-refractivity contribution is 7.17. The number of hydrogen-bond donors (Lipinski definition) is 0. The van der Waals surface area contributed by atoms with E-state index in [-0.39, 0.29) is 0 Å². The van der Waals surface area contributed by atoms with E-state index in [0.717, 1.165) is 46.2 Å². The molecule has 0 unspecified atom stereocenters. The zero-order valence-corrected chi connectivity index (χ0v) is 12.8. The smallest absolute Gasteiger partial charge is 0.194 e. The number of carbonyl (C=O) groups is 1. The summed E-state index contributed by atoms with van der Waals surface area (Å²) in [6.45, 7) is 4.85. The molecule has 0 fully saturated rings. The number of aryl methyl sites for hydroxylation is 1. The summed E-state index contributed by atoms with van der Waals surface area (Å²) in [7, 11) is 0. The van der Waals surface area contributed by atoms with E-state index in [1.807, 2.05) is 35.6 Å². The van der Waals surface area contributed by atoms with Crippen molar-refractivity contribution in [1.82, 2.24) is 9.38 Å². The van der Waals surface area contributed by atoms with Gasteiger partial charge in [-0.25, -0.2) is 4.98 Å². The topological polar surface area (TPSA) is 43.6 Å². The maximum atomic E-state index is 11.2. The van der Waals surface area contributed by atoms with Crippen LogP contribution in [0.5, 0.6) is 5.75 Å². The molecule has 2 heterocycles. The molecule has 0 radical (unpaired) electrons. The van der Waals surface area contributed by atoms with Gasteiger partial charge in [-0.1, -0.05) is 6.92 Å². The Labute approximate surface area is 127 Å². The maximum Gasteiger partial charge on any atom is 0.194 e. The predicted molar refractivity (Wildman–Crippen MR) is 84.4 cm³/mol. The number of carbonyl (C=O) groups excluding carboxylic acids is 1. The van der Waals surface area contributed by atoms with Crippen LogP contribution in [0.25, 0.3) is 16.2 Å². The number of imidazole rings is 1. The Bertz CT molecular complexity index is 772. The van der Waals surface area contributed by atoms with Gasteiger partial charge in [0.25, 0.3) is 0 Å². The van der Waals surface area contributed by atoms with E-state index >= 15 is 0 Å². The standard InChI is InChI=1S/C16H16N2O2S/c1-3-8-20-14-6-4-12(5-7-14)15-11(2)21-16-17-9-13(10-19)18(15)16/h4-7,9-10H,3,8H2,1-2H3. The Hall–Kier alpha value is -2.14. The van der Waals surface area contributed by atoms with E-state index in [1.165, 1.54) is 0 Å². The summed E-state index contributed by atoms with van der Waals surface area (Å²) < 4.78 is 7.51. The molecule has 5 heteroatoms. The van der Waals surface area contributed by atoms with Crippen molar-refractivity contribution in [3.05, 3.63) is 41.0 Å². The van der Waals surface area contributed by atoms with Crippen LogP contribution in [0, 0.1) is 6.92 Å². The minimum Gasteiger partial charge on any atom is -0.494 e. The number of ether oxygens (including phenoxy) is 1. The van der Waals surface area contributed by atoms with E-state index in [4.69, 9.17) is 4.74 Å². The van der Waals surface area contributed by atoms with Crippen molar-refractivity contribution in [2.75, 3.05) is 6.61 Å². The van der Waals surface area contributed by atoms with E-state index in [1.54, 1.807) is 17.5 Å². The predicted octanol–water partition coefficient (Wildman–Crippen LogP) is 3.97. The number of nitrogens with zero attached hydrogens (tertiary/aromatic N) is 2. The summed E-state index contributed by atoms with van der Waals surface area (Å²) in [5.41, 5.74) is 2.66. The molecule has 108 valence electrons. The van der Waals surface area contributed by atoms with Crippen LogP contribution < -0.4 is 4.74 Å². The first-order valence-corrected chi connectivity index (χ1v) is 7.71. The minimum atomic E-state index is 0.579. The van der Waals surface area contributed by atoms with Crippen LogP contribution in [0.3, 0.4) is 0 Å². The van der Waals surface area contributed by atoms with Gasteiger partial charge in [-0.2, -0.15) is 0 Å². The van der Waals surface area contributed by atoms with Gasteiger partial charge in [-0.15, -0.1) is 11.3 Å². The molecule has 0 amide bonds. The molecule has 0 saturated carbocycles. The van der Waals surface area contributed by atoms with Gasteiger partial charge in [0.1, 0.15) is 11.4 Å². The molecule has 3 aromatic rings. The number of fused-ring (bicyclic) bond motifs is 1. The number of thiazole rings is 1. The molecule has 2 aromatic heterocycles. The third-order valence-electron chi connectivity index (χ3n) is 3.28. The molecular formula is C16H16N2O2S. The van der Waals surface area contributed by atoms with Crippen LogP contribution in [0.2, 0.25) is 0 Å². The molecule has 1 aromatic carbocycles. The van der Waals surface area contributed by atoms with Crippen molar-refractivity contribution in [2.24, 2.45) is 0 Å². The van der Waals surface area contributed by atoms with Crippen LogP contribution in [0.15, 0.2) is 30.5 Å². The molecule has 0 aliphatic heterocycles.